The van der Waals surface area contributed by atoms with Gasteiger partial charge in [-0.2, -0.15) is 4.98 Å². The fourth-order valence-corrected chi connectivity index (χ4v) is 4.04. The Morgan fingerprint density at radius 2 is 1.90 bits per heavy atom. The topological polar surface area (TPSA) is 65.1 Å². The summed E-state index contributed by atoms with van der Waals surface area (Å²) in [6.07, 6.45) is 0.986. The van der Waals surface area contributed by atoms with Gasteiger partial charge in [-0.05, 0) is 37.0 Å². The maximum Gasteiger partial charge on any atom is 0.332 e. The Morgan fingerprint density at radius 3 is 2.52 bits per heavy atom. The SMILES string of the molecule is C=C(C)Cn1c(=O)c2c(nc3n2C[C@@H](C)CN3c2ccc(CC)cc2)n(C)c1=O. The summed E-state index contributed by atoms with van der Waals surface area (Å²) < 4.78 is 4.68. The average Bonchev–Trinajstić information content (AvgIpc) is 3.08. The van der Waals surface area contributed by atoms with Crippen LogP contribution in [0.15, 0.2) is 46.0 Å². The molecule has 2 aromatic heterocycles. The van der Waals surface area contributed by atoms with Gasteiger partial charge in [0.15, 0.2) is 11.2 Å². The van der Waals surface area contributed by atoms with E-state index < -0.39 is 0 Å². The molecule has 0 N–H and O–H groups in total. The molecule has 1 aromatic carbocycles. The van der Waals surface area contributed by atoms with Crippen molar-refractivity contribution >= 4 is 22.8 Å². The van der Waals surface area contributed by atoms with Crippen LogP contribution in [0, 0.1) is 5.92 Å². The number of nitrogens with zero attached hydrogens (tertiary/aromatic N) is 5. The molecule has 3 heterocycles. The molecule has 0 spiro atoms. The third-order valence-corrected chi connectivity index (χ3v) is 5.53. The molecule has 0 aliphatic carbocycles. The van der Waals surface area contributed by atoms with E-state index in [-0.39, 0.29) is 17.8 Å². The Labute approximate surface area is 169 Å². The molecule has 0 fully saturated rings. The average molecular weight is 393 g/mol. The molecule has 0 amide bonds. The first-order chi connectivity index (χ1) is 13.8. The zero-order valence-corrected chi connectivity index (χ0v) is 17.5. The summed E-state index contributed by atoms with van der Waals surface area (Å²) in [6, 6.07) is 8.44. The van der Waals surface area contributed by atoms with Crippen molar-refractivity contribution in [3.63, 3.8) is 0 Å². The van der Waals surface area contributed by atoms with E-state index in [1.165, 1.54) is 14.7 Å². The molecule has 1 atom stereocenters. The lowest BCUT2D eigenvalue weighted by Crippen LogP contribution is -2.40. The molecule has 0 saturated carbocycles. The number of fused-ring (bicyclic) bond motifs is 3. The minimum absolute atomic E-state index is 0.208. The molecule has 7 heteroatoms. The molecule has 0 radical (unpaired) electrons. The number of allylic oxidation sites excluding steroid dienone is 1. The van der Waals surface area contributed by atoms with E-state index in [2.05, 4.69) is 49.6 Å². The highest BCUT2D eigenvalue weighted by Crippen LogP contribution is 2.32. The van der Waals surface area contributed by atoms with Crippen LogP contribution in [0.1, 0.15) is 26.3 Å². The highest BCUT2D eigenvalue weighted by atomic mass is 16.2. The second kappa shape index (κ2) is 7.06. The van der Waals surface area contributed by atoms with Crippen molar-refractivity contribution in [2.75, 3.05) is 11.4 Å². The van der Waals surface area contributed by atoms with Gasteiger partial charge < -0.3 is 9.47 Å². The van der Waals surface area contributed by atoms with Crippen LogP contribution in [0.2, 0.25) is 0 Å². The number of aromatic nitrogens is 4. The van der Waals surface area contributed by atoms with Gasteiger partial charge in [0, 0.05) is 25.8 Å². The normalized spacial score (nSPS) is 16.3. The number of rotatable bonds is 4. The Kier molecular flexibility index (Phi) is 4.68. The van der Waals surface area contributed by atoms with Crippen LogP contribution >= 0.6 is 0 Å². The fraction of sp³-hybridized carbons (Fsp3) is 0.409. The largest absolute Gasteiger partial charge is 0.332 e. The zero-order chi connectivity index (χ0) is 20.9. The van der Waals surface area contributed by atoms with Crippen molar-refractivity contribution in [1.29, 1.82) is 0 Å². The fourth-order valence-electron chi connectivity index (χ4n) is 4.04. The predicted molar refractivity (Wildman–Crippen MR) is 116 cm³/mol. The smallest absolute Gasteiger partial charge is 0.312 e. The molecular formula is C22H27N5O2. The molecule has 3 aromatic rings. The second-order valence-corrected chi connectivity index (χ2v) is 8.12. The molecule has 0 saturated heterocycles. The third-order valence-electron chi connectivity index (χ3n) is 5.53. The van der Waals surface area contributed by atoms with E-state index in [1.54, 1.807) is 7.05 Å². The molecule has 1 aliphatic rings. The summed E-state index contributed by atoms with van der Waals surface area (Å²) in [5.41, 5.74) is 3.30. The van der Waals surface area contributed by atoms with Crippen LogP contribution < -0.4 is 16.1 Å². The summed E-state index contributed by atoms with van der Waals surface area (Å²) in [4.78, 5) is 32.9. The van der Waals surface area contributed by atoms with Crippen LogP contribution in [0.25, 0.3) is 11.2 Å². The van der Waals surface area contributed by atoms with Gasteiger partial charge in [0.05, 0.1) is 6.54 Å². The Balaban J connectivity index is 1.96. The molecule has 0 bridgehead atoms. The first-order valence-corrected chi connectivity index (χ1v) is 10.0. The van der Waals surface area contributed by atoms with Gasteiger partial charge in [-0.25, -0.2) is 4.79 Å². The first-order valence-electron chi connectivity index (χ1n) is 10.0. The van der Waals surface area contributed by atoms with Crippen molar-refractivity contribution in [1.82, 2.24) is 18.7 Å². The highest BCUT2D eigenvalue weighted by molar-refractivity contribution is 5.77. The monoisotopic (exact) mass is 393 g/mol. The summed E-state index contributed by atoms with van der Waals surface area (Å²) in [6.45, 7) is 11.7. The predicted octanol–water partition coefficient (Wildman–Crippen LogP) is 2.82. The number of imidazole rings is 1. The lowest BCUT2D eigenvalue weighted by atomic mass is 10.1. The van der Waals surface area contributed by atoms with Crippen LogP contribution in [0.5, 0.6) is 0 Å². The third kappa shape index (κ3) is 3.10. The van der Waals surface area contributed by atoms with Gasteiger partial charge in [0.1, 0.15) is 0 Å². The van der Waals surface area contributed by atoms with Gasteiger partial charge >= 0.3 is 5.69 Å². The Hall–Kier alpha value is -3.09. The lowest BCUT2D eigenvalue weighted by Gasteiger charge is -2.33. The Morgan fingerprint density at radius 1 is 1.21 bits per heavy atom. The van der Waals surface area contributed by atoms with E-state index in [0.717, 1.165) is 24.2 Å². The standard InChI is InChI=1S/C22H27N5O2/c1-6-16-7-9-17(10-8-16)25-12-15(4)13-26-18-19(23-21(25)26)24(5)22(29)27(20(18)28)11-14(2)3/h7-10,15H,2,6,11-13H2,1,3-5H3/t15-/m0/s1. The highest BCUT2D eigenvalue weighted by Gasteiger charge is 2.29. The van der Waals surface area contributed by atoms with Crippen molar-refractivity contribution in [2.45, 2.75) is 40.3 Å². The minimum Gasteiger partial charge on any atom is -0.312 e. The maximum absolute atomic E-state index is 13.2. The van der Waals surface area contributed by atoms with Crippen LogP contribution in [-0.2, 0) is 26.6 Å². The van der Waals surface area contributed by atoms with E-state index in [4.69, 9.17) is 4.98 Å². The summed E-state index contributed by atoms with van der Waals surface area (Å²) in [5.74, 6) is 1.04. The number of aryl methyl sites for hydroxylation is 2. The number of benzene rings is 1. The Bertz CT molecular complexity index is 1210. The van der Waals surface area contributed by atoms with Gasteiger partial charge in [-0.3, -0.25) is 13.9 Å². The molecule has 1 aliphatic heterocycles. The minimum atomic E-state index is -0.368. The van der Waals surface area contributed by atoms with Gasteiger partial charge in [-0.15, -0.1) is 0 Å². The van der Waals surface area contributed by atoms with E-state index >= 15 is 0 Å². The van der Waals surface area contributed by atoms with Crippen LogP contribution in [0.3, 0.4) is 0 Å². The van der Waals surface area contributed by atoms with Crippen molar-refractivity contribution in [2.24, 2.45) is 13.0 Å². The lowest BCUT2D eigenvalue weighted by molar-refractivity contribution is 0.458. The van der Waals surface area contributed by atoms with Crippen molar-refractivity contribution in [3.8, 4) is 0 Å². The number of anilines is 2. The van der Waals surface area contributed by atoms with Crippen molar-refractivity contribution in [3.05, 3.63) is 62.8 Å². The number of hydrogen-bond acceptors (Lipinski definition) is 4. The molecule has 152 valence electrons. The summed E-state index contributed by atoms with van der Waals surface area (Å²) >= 11 is 0. The quantitative estimate of drug-likeness (QED) is 0.640. The van der Waals surface area contributed by atoms with Gasteiger partial charge in [0.25, 0.3) is 5.56 Å². The molecular weight excluding hydrogens is 366 g/mol. The molecule has 4 rings (SSSR count). The maximum atomic E-state index is 13.2. The number of hydrogen-bond donors (Lipinski definition) is 0. The second-order valence-electron chi connectivity index (χ2n) is 8.12. The van der Waals surface area contributed by atoms with Crippen LogP contribution in [0.4, 0.5) is 11.6 Å². The summed E-state index contributed by atoms with van der Waals surface area (Å²) in [5, 5.41) is 0. The first kappa shape index (κ1) is 19.2. The van der Waals surface area contributed by atoms with E-state index in [0.29, 0.717) is 29.6 Å². The molecule has 0 unspecified atom stereocenters. The van der Waals surface area contributed by atoms with E-state index in [9.17, 15) is 9.59 Å². The summed E-state index contributed by atoms with van der Waals surface area (Å²) in [7, 11) is 1.67. The van der Waals surface area contributed by atoms with Crippen LogP contribution in [-0.4, -0.2) is 25.2 Å². The molecule has 7 nitrogen and oxygen atoms in total. The molecule has 29 heavy (non-hydrogen) atoms. The van der Waals surface area contributed by atoms with Gasteiger partial charge in [-0.1, -0.05) is 38.1 Å². The van der Waals surface area contributed by atoms with Crippen molar-refractivity contribution < 1.29 is 0 Å². The zero-order valence-electron chi connectivity index (χ0n) is 17.5. The van der Waals surface area contributed by atoms with Gasteiger partial charge in [0.2, 0.25) is 5.95 Å². The van der Waals surface area contributed by atoms with E-state index in [1.807, 2.05) is 11.5 Å².